The number of hydrogen-bond donors (Lipinski definition) is 1. The van der Waals surface area contributed by atoms with Crippen LogP contribution in [0, 0.1) is 0 Å². The molecule has 0 aliphatic heterocycles. The molecule has 0 fully saturated rings. The minimum absolute atomic E-state index is 0.0992. The van der Waals surface area contributed by atoms with E-state index in [0.717, 1.165) is 26.8 Å². The molecule has 0 unspecified atom stereocenters. The van der Waals surface area contributed by atoms with Crippen LogP contribution < -0.4 is 5.32 Å². The highest BCUT2D eigenvalue weighted by molar-refractivity contribution is 9.10. The van der Waals surface area contributed by atoms with E-state index < -0.39 is 0 Å². The van der Waals surface area contributed by atoms with E-state index in [4.69, 9.17) is 11.6 Å². The molecule has 2 aromatic rings. The Morgan fingerprint density at radius 1 is 1.04 bits per heavy atom. The molecule has 0 aliphatic rings. The molecule has 2 rings (SSSR count). The zero-order valence-electron chi connectivity index (χ0n) is 13.1. The summed E-state index contributed by atoms with van der Waals surface area (Å²) in [5.74, 6) is 3.28. The molecule has 0 saturated carbocycles. The number of carbonyl (C=O) groups is 1. The molecule has 128 valence electrons. The second kappa shape index (κ2) is 11.1. The maximum absolute atomic E-state index is 11.8. The summed E-state index contributed by atoms with van der Waals surface area (Å²) in [6, 6.07) is 16.0. The predicted octanol–water partition coefficient (Wildman–Crippen LogP) is 5.39. The van der Waals surface area contributed by atoms with E-state index in [1.807, 2.05) is 36.4 Å². The lowest BCUT2D eigenvalue weighted by Gasteiger charge is -2.06. The molecule has 0 aliphatic carbocycles. The van der Waals surface area contributed by atoms with Crippen LogP contribution in [0.25, 0.3) is 0 Å². The van der Waals surface area contributed by atoms with Gasteiger partial charge in [0.15, 0.2) is 0 Å². The fourth-order valence-electron chi connectivity index (χ4n) is 1.97. The summed E-state index contributed by atoms with van der Waals surface area (Å²) in [4.78, 5) is 11.8. The minimum Gasteiger partial charge on any atom is -0.355 e. The van der Waals surface area contributed by atoms with Gasteiger partial charge in [-0.15, -0.1) is 11.8 Å². The number of nitrogens with one attached hydrogen (secondary N) is 1. The maximum Gasteiger partial charge on any atom is 0.230 e. The molecule has 0 atom stereocenters. The molecular weight excluding hydrogens is 426 g/mol. The Morgan fingerprint density at radius 3 is 2.54 bits per heavy atom. The second-order valence-electron chi connectivity index (χ2n) is 5.15. The van der Waals surface area contributed by atoms with Crippen molar-refractivity contribution in [2.45, 2.75) is 11.5 Å². The van der Waals surface area contributed by atoms with Gasteiger partial charge in [-0.2, -0.15) is 11.8 Å². The van der Waals surface area contributed by atoms with Crippen LogP contribution in [0.4, 0.5) is 0 Å². The van der Waals surface area contributed by atoms with Crippen molar-refractivity contribution in [2.75, 3.05) is 18.1 Å². The minimum atomic E-state index is 0.0992. The van der Waals surface area contributed by atoms with Crippen LogP contribution in [0.5, 0.6) is 0 Å². The number of amides is 1. The predicted molar refractivity (Wildman–Crippen MR) is 111 cm³/mol. The van der Waals surface area contributed by atoms with Crippen LogP contribution in [0.15, 0.2) is 53.0 Å². The number of carbonyl (C=O) groups excluding carboxylic acids is 1. The van der Waals surface area contributed by atoms with E-state index in [2.05, 4.69) is 33.4 Å². The topological polar surface area (TPSA) is 29.1 Å². The van der Waals surface area contributed by atoms with Crippen molar-refractivity contribution >= 4 is 57.0 Å². The van der Waals surface area contributed by atoms with Crippen molar-refractivity contribution in [1.29, 1.82) is 0 Å². The number of hydrogen-bond acceptors (Lipinski definition) is 3. The molecule has 1 amide bonds. The average molecular weight is 445 g/mol. The third-order valence-corrected chi connectivity index (χ3v) is 5.92. The first-order valence-electron chi connectivity index (χ1n) is 7.54. The van der Waals surface area contributed by atoms with Crippen molar-refractivity contribution in [1.82, 2.24) is 5.32 Å². The smallest absolute Gasteiger partial charge is 0.230 e. The largest absolute Gasteiger partial charge is 0.355 e. The maximum atomic E-state index is 11.8. The van der Waals surface area contributed by atoms with E-state index in [0.29, 0.717) is 12.3 Å². The van der Waals surface area contributed by atoms with E-state index in [-0.39, 0.29) is 5.91 Å². The SMILES string of the molecule is O=C(CSCc1cccc(Br)c1)NCCSCc1ccc(Cl)cc1. The van der Waals surface area contributed by atoms with E-state index in [1.54, 1.807) is 23.5 Å². The third kappa shape index (κ3) is 7.97. The Morgan fingerprint density at radius 2 is 1.79 bits per heavy atom. The first-order chi connectivity index (χ1) is 11.6. The van der Waals surface area contributed by atoms with E-state index in [9.17, 15) is 4.79 Å². The fraction of sp³-hybridized carbons (Fsp3) is 0.278. The Labute approximate surface area is 165 Å². The first kappa shape index (κ1) is 19.7. The highest BCUT2D eigenvalue weighted by Gasteiger charge is 2.02. The highest BCUT2D eigenvalue weighted by atomic mass is 79.9. The summed E-state index contributed by atoms with van der Waals surface area (Å²) in [5, 5.41) is 3.73. The number of halogens is 2. The van der Waals surface area contributed by atoms with Gasteiger partial charge >= 0.3 is 0 Å². The van der Waals surface area contributed by atoms with Crippen LogP contribution >= 0.6 is 51.1 Å². The van der Waals surface area contributed by atoms with Gasteiger partial charge in [0.05, 0.1) is 5.75 Å². The van der Waals surface area contributed by atoms with Crippen LogP contribution in [0.2, 0.25) is 5.02 Å². The Hall–Kier alpha value is -0.620. The van der Waals surface area contributed by atoms with Gasteiger partial charge in [0.2, 0.25) is 5.91 Å². The first-order valence-corrected chi connectivity index (χ1v) is 11.0. The van der Waals surface area contributed by atoms with Crippen molar-refractivity contribution in [3.8, 4) is 0 Å². The van der Waals surface area contributed by atoms with Gasteiger partial charge in [0.25, 0.3) is 0 Å². The molecule has 0 saturated heterocycles. The molecule has 0 bridgehead atoms. The van der Waals surface area contributed by atoms with Crippen LogP contribution in [0.3, 0.4) is 0 Å². The summed E-state index contributed by atoms with van der Waals surface area (Å²) < 4.78 is 1.07. The second-order valence-corrected chi connectivity index (χ2v) is 8.59. The standard InChI is InChI=1S/C18H19BrClNOS2/c19-16-3-1-2-15(10-16)12-24-13-18(22)21-8-9-23-11-14-4-6-17(20)7-5-14/h1-7,10H,8-9,11-13H2,(H,21,22). The molecule has 0 aromatic heterocycles. The van der Waals surface area contributed by atoms with E-state index >= 15 is 0 Å². The van der Waals surface area contributed by atoms with Crippen molar-refractivity contribution in [3.05, 3.63) is 69.2 Å². The van der Waals surface area contributed by atoms with Crippen molar-refractivity contribution in [3.63, 3.8) is 0 Å². The lowest BCUT2D eigenvalue weighted by atomic mass is 10.2. The normalized spacial score (nSPS) is 10.6. The molecule has 0 heterocycles. The summed E-state index contributed by atoms with van der Waals surface area (Å²) >= 11 is 12.8. The Kier molecular flexibility index (Phi) is 9.10. The number of rotatable bonds is 9. The molecular formula is C18H19BrClNOS2. The monoisotopic (exact) mass is 443 g/mol. The Bertz CT molecular complexity index is 652. The van der Waals surface area contributed by atoms with Gasteiger partial charge in [-0.05, 0) is 35.4 Å². The highest BCUT2D eigenvalue weighted by Crippen LogP contribution is 2.17. The summed E-state index contributed by atoms with van der Waals surface area (Å²) in [6.45, 7) is 0.703. The van der Waals surface area contributed by atoms with Crippen molar-refractivity contribution < 1.29 is 4.79 Å². The van der Waals surface area contributed by atoms with Gasteiger partial charge in [0.1, 0.15) is 0 Å². The zero-order valence-corrected chi connectivity index (χ0v) is 17.1. The zero-order chi connectivity index (χ0) is 17.2. The molecule has 1 N–H and O–H groups in total. The van der Waals surface area contributed by atoms with Crippen molar-refractivity contribution in [2.24, 2.45) is 0 Å². The quantitative estimate of drug-likeness (QED) is 0.526. The van der Waals surface area contributed by atoms with Gasteiger partial charge in [-0.3, -0.25) is 4.79 Å². The summed E-state index contributed by atoms with van der Waals surface area (Å²) in [7, 11) is 0. The lowest BCUT2D eigenvalue weighted by molar-refractivity contribution is -0.118. The van der Waals surface area contributed by atoms with Crippen LogP contribution in [-0.4, -0.2) is 24.0 Å². The summed E-state index contributed by atoms with van der Waals surface area (Å²) in [6.07, 6.45) is 0. The third-order valence-electron chi connectivity index (χ3n) is 3.14. The van der Waals surface area contributed by atoms with Gasteiger partial charge in [-0.1, -0.05) is 51.8 Å². The van der Waals surface area contributed by atoms with Gasteiger partial charge in [-0.25, -0.2) is 0 Å². The van der Waals surface area contributed by atoms with Crippen LogP contribution in [0.1, 0.15) is 11.1 Å². The molecule has 6 heteroatoms. The van der Waals surface area contributed by atoms with Gasteiger partial charge in [0, 0.05) is 33.3 Å². The number of thioether (sulfide) groups is 2. The Balaban J connectivity index is 1.52. The molecule has 24 heavy (non-hydrogen) atoms. The van der Waals surface area contributed by atoms with Gasteiger partial charge < -0.3 is 5.32 Å². The number of benzene rings is 2. The van der Waals surface area contributed by atoms with E-state index in [1.165, 1.54) is 11.1 Å². The summed E-state index contributed by atoms with van der Waals surface area (Å²) in [5.41, 5.74) is 2.47. The lowest BCUT2D eigenvalue weighted by Crippen LogP contribution is -2.27. The van der Waals surface area contributed by atoms with Crippen LogP contribution in [-0.2, 0) is 16.3 Å². The molecule has 0 radical (unpaired) electrons. The average Bonchev–Trinajstić information content (AvgIpc) is 2.56. The molecule has 2 aromatic carbocycles. The fourth-order valence-corrected chi connectivity index (χ4v) is 4.17. The molecule has 2 nitrogen and oxygen atoms in total. The molecule has 0 spiro atoms.